The van der Waals surface area contributed by atoms with Crippen LogP contribution in [0.1, 0.15) is 13.3 Å². The van der Waals surface area contributed by atoms with Gasteiger partial charge in [0.25, 0.3) is 0 Å². The van der Waals surface area contributed by atoms with Crippen molar-refractivity contribution in [3.8, 4) is 0 Å². The first-order chi connectivity index (χ1) is 7.42. The quantitative estimate of drug-likeness (QED) is 0.688. The molecule has 15 heavy (non-hydrogen) atoms. The molecule has 0 aliphatic rings. The summed E-state index contributed by atoms with van der Waals surface area (Å²) in [7, 11) is -0.430. The van der Waals surface area contributed by atoms with Crippen molar-refractivity contribution >= 4 is 8.22 Å². The summed E-state index contributed by atoms with van der Waals surface area (Å²) >= 11 is 0. The third-order valence-corrected chi connectivity index (χ3v) is 4.08. The van der Waals surface area contributed by atoms with Gasteiger partial charge >= 0.3 is 0 Å². The SMILES string of the molecule is CCC=CP(n1cccc1)n1cccc1. The highest BCUT2D eigenvalue weighted by Crippen LogP contribution is 2.40. The lowest BCUT2D eigenvalue weighted by molar-refractivity contribution is 1.15. The molecular formula is C12H15N2P. The van der Waals surface area contributed by atoms with E-state index in [0.717, 1.165) is 6.42 Å². The number of aromatic nitrogens is 2. The molecule has 0 saturated heterocycles. The van der Waals surface area contributed by atoms with E-state index in [1.54, 1.807) is 0 Å². The van der Waals surface area contributed by atoms with Gasteiger partial charge in [-0.2, -0.15) is 0 Å². The van der Waals surface area contributed by atoms with E-state index in [9.17, 15) is 0 Å². The fraction of sp³-hybridized carbons (Fsp3) is 0.167. The van der Waals surface area contributed by atoms with Crippen LogP contribution < -0.4 is 0 Å². The maximum absolute atomic E-state index is 2.29. The Hall–Kier alpha value is -1.27. The van der Waals surface area contributed by atoms with E-state index in [-0.39, 0.29) is 0 Å². The summed E-state index contributed by atoms with van der Waals surface area (Å²) in [5, 5.41) is 0. The Bertz CT molecular complexity index is 367. The van der Waals surface area contributed by atoms with Gasteiger partial charge < -0.3 is 8.68 Å². The van der Waals surface area contributed by atoms with Gasteiger partial charge in [0.05, 0.1) is 0 Å². The molecule has 2 nitrogen and oxygen atoms in total. The monoisotopic (exact) mass is 218 g/mol. The summed E-state index contributed by atoms with van der Waals surface area (Å²) in [5.74, 6) is 2.29. The maximum atomic E-state index is 2.29. The number of rotatable bonds is 4. The zero-order valence-electron chi connectivity index (χ0n) is 8.82. The van der Waals surface area contributed by atoms with Crippen molar-refractivity contribution < 1.29 is 0 Å². The van der Waals surface area contributed by atoms with Crippen LogP contribution in [-0.2, 0) is 0 Å². The van der Waals surface area contributed by atoms with Crippen molar-refractivity contribution in [2.24, 2.45) is 0 Å². The Kier molecular flexibility index (Phi) is 3.41. The standard InChI is InChI=1S/C12H15N2P/c1-2-3-12-15(13-8-4-5-9-13)14-10-6-7-11-14/h3-12H,2H2,1H3. The summed E-state index contributed by atoms with van der Waals surface area (Å²) in [4.78, 5) is 0. The Balaban J connectivity index is 2.29. The second-order valence-corrected chi connectivity index (χ2v) is 5.10. The van der Waals surface area contributed by atoms with E-state index >= 15 is 0 Å². The van der Waals surface area contributed by atoms with Crippen LogP contribution in [-0.4, -0.2) is 8.68 Å². The number of hydrogen-bond acceptors (Lipinski definition) is 0. The molecule has 0 fully saturated rings. The van der Waals surface area contributed by atoms with Crippen molar-refractivity contribution in [2.45, 2.75) is 13.3 Å². The molecule has 2 rings (SSSR count). The average Bonchev–Trinajstić information content (AvgIpc) is 2.90. The summed E-state index contributed by atoms with van der Waals surface area (Å²) < 4.78 is 4.50. The van der Waals surface area contributed by atoms with Gasteiger partial charge in [-0.3, -0.25) is 0 Å². The van der Waals surface area contributed by atoms with Crippen molar-refractivity contribution in [2.75, 3.05) is 0 Å². The molecule has 0 aromatic carbocycles. The Morgan fingerprint density at radius 3 is 1.80 bits per heavy atom. The van der Waals surface area contributed by atoms with Gasteiger partial charge in [0.1, 0.15) is 8.22 Å². The van der Waals surface area contributed by atoms with E-state index in [4.69, 9.17) is 0 Å². The van der Waals surface area contributed by atoms with Crippen LogP contribution in [0, 0.1) is 0 Å². The first-order valence-corrected chi connectivity index (χ1v) is 6.46. The number of hydrogen-bond donors (Lipinski definition) is 0. The van der Waals surface area contributed by atoms with Crippen LogP contribution in [0.3, 0.4) is 0 Å². The van der Waals surface area contributed by atoms with Gasteiger partial charge in [0.2, 0.25) is 0 Å². The maximum Gasteiger partial charge on any atom is 0.128 e. The second kappa shape index (κ2) is 4.99. The van der Waals surface area contributed by atoms with Crippen LogP contribution in [0.2, 0.25) is 0 Å². The van der Waals surface area contributed by atoms with Gasteiger partial charge in [-0.05, 0) is 36.5 Å². The third kappa shape index (κ3) is 2.40. The molecule has 2 aromatic rings. The molecule has 2 aromatic heterocycles. The molecule has 0 saturated carbocycles. The van der Waals surface area contributed by atoms with Crippen molar-refractivity contribution in [3.63, 3.8) is 0 Å². The highest BCUT2D eigenvalue weighted by atomic mass is 31.1. The Labute approximate surface area is 91.7 Å². The normalized spacial score (nSPS) is 11.6. The third-order valence-electron chi connectivity index (χ3n) is 2.13. The minimum absolute atomic E-state index is 0.430. The molecule has 0 amide bonds. The average molecular weight is 218 g/mol. The Morgan fingerprint density at radius 2 is 1.40 bits per heavy atom. The smallest absolute Gasteiger partial charge is 0.128 e. The summed E-state index contributed by atoms with van der Waals surface area (Å²) in [6.45, 7) is 2.16. The highest BCUT2D eigenvalue weighted by molar-refractivity contribution is 7.57. The van der Waals surface area contributed by atoms with Crippen LogP contribution in [0.5, 0.6) is 0 Å². The first kappa shape index (κ1) is 10.3. The molecule has 0 unspecified atom stereocenters. The zero-order valence-corrected chi connectivity index (χ0v) is 9.72. The summed E-state index contributed by atoms with van der Waals surface area (Å²) in [6.07, 6.45) is 11.8. The van der Waals surface area contributed by atoms with Gasteiger partial charge in [0, 0.05) is 24.8 Å². The van der Waals surface area contributed by atoms with Gasteiger partial charge in [0.15, 0.2) is 0 Å². The predicted octanol–water partition coefficient (Wildman–Crippen LogP) is 3.92. The first-order valence-electron chi connectivity index (χ1n) is 5.14. The molecule has 0 radical (unpaired) electrons. The molecule has 78 valence electrons. The van der Waals surface area contributed by atoms with Gasteiger partial charge in [-0.15, -0.1) is 0 Å². The van der Waals surface area contributed by atoms with E-state index < -0.39 is 8.22 Å². The number of nitrogens with zero attached hydrogens (tertiary/aromatic N) is 2. The molecule has 3 heteroatoms. The lowest BCUT2D eigenvalue weighted by Gasteiger charge is -2.16. The van der Waals surface area contributed by atoms with E-state index in [1.165, 1.54) is 0 Å². The van der Waals surface area contributed by atoms with Crippen LogP contribution in [0.4, 0.5) is 0 Å². The molecule has 2 heterocycles. The van der Waals surface area contributed by atoms with Crippen LogP contribution in [0.25, 0.3) is 0 Å². The highest BCUT2D eigenvalue weighted by Gasteiger charge is 2.06. The van der Waals surface area contributed by atoms with Gasteiger partial charge in [-0.1, -0.05) is 13.0 Å². The number of allylic oxidation sites excluding steroid dienone is 1. The van der Waals surface area contributed by atoms with E-state index in [1.807, 2.05) is 0 Å². The predicted molar refractivity (Wildman–Crippen MR) is 66.0 cm³/mol. The van der Waals surface area contributed by atoms with Crippen molar-refractivity contribution in [1.82, 2.24) is 8.68 Å². The molecular weight excluding hydrogens is 203 g/mol. The lowest BCUT2D eigenvalue weighted by atomic mass is 10.5. The molecule has 0 N–H and O–H groups in total. The van der Waals surface area contributed by atoms with E-state index in [2.05, 4.69) is 76.5 Å². The minimum Gasteiger partial charge on any atom is -0.313 e. The molecule has 0 atom stereocenters. The fourth-order valence-corrected chi connectivity index (χ4v) is 3.20. The molecule has 0 bridgehead atoms. The second-order valence-electron chi connectivity index (χ2n) is 3.24. The molecule has 0 spiro atoms. The molecule has 0 aliphatic carbocycles. The fourth-order valence-electron chi connectivity index (χ4n) is 1.40. The van der Waals surface area contributed by atoms with Crippen LogP contribution in [0.15, 0.2) is 60.9 Å². The summed E-state index contributed by atoms with van der Waals surface area (Å²) in [6, 6.07) is 8.27. The van der Waals surface area contributed by atoms with Crippen LogP contribution >= 0.6 is 8.22 Å². The van der Waals surface area contributed by atoms with E-state index in [0.29, 0.717) is 0 Å². The van der Waals surface area contributed by atoms with Gasteiger partial charge in [-0.25, -0.2) is 0 Å². The molecule has 0 aliphatic heterocycles. The Morgan fingerprint density at radius 1 is 0.933 bits per heavy atom. The minimum atomic E-state index is -0.430. The summed E-state index contributed by atoms with van der Waals surface area (Å²) in [5.41, 5.74) is 0. The topological polar surface area (TPSA) is 9.86 Å². The van der Waals surface area contributed by atoms with Crippen molar-refractivity contribution in [1.29, 1.82) is 0 Å². The van der Waals surface area contributed by atoms with Crippen molar-refractivity contribution in [3.05, 3.63) is 60.9 Å². The lowest BCUT2D eigenvalue weighted by Crippen LogP contribution is -1.94. The zero-order chi connectivity index (χ0) is 10.5. The largest absolute Gasteiger partial charge is 0.313 e.